The molecule has 0 saturated carbocycles. The molecule has 0 bridgehead atoms. The van der Waals surface area contributed by atoms with Gasteiger partial charge >= 0.3 is 0 Å². The molecule has 0 aliphatic carbocycles. The molecule has 0 aliphatic heterocycles. The van der Waals surface area contributed by atoms with E-state index in [2.05, 4.69) is 34.7 Å². The SMILES string of the molecule is CCN(Cc1cc(F)cc(Br)c1)C(C)COC. The third-order valence-corrected chi connectivity index (χ3v) is 3.20. The van der Waals surface area contributed by atoms with Gasteiger partial charge in [-0.3, -0.25) is 4.90 Å². The summed E-state index contributed by atoms with van der Waals surface area (Å²) in [5.74, 6) is -0.204. The van der Waals surface area contributed by atoms with Gasteiger partial charge in [0.05, 0.1) is 6.61 Å². The van der Waals surface area contributed by atoms with E-state index < -0.39 is 0 Å². The average molecular weight is 304 g/mol. The largest absolute Gasteiger partial charge is 0.383 e. The van der Waals surface area contributed by atoms with Crippen molar-refractivity contribution in [2.45, 2.75) is 26.4 Å². The summed E-state index contributed by atoms with van der Waals surface area (Å²) >= 11 is 3.31. The third kappa shape index (κ3) is 4.74. The van der Waals surface area contributed by atoms with E-state index in [1.165, 1.54) is 6.07 Å². The molecule has 0 amide bonds. The summed E-state index contributed by atoms with van der Waals surface area (Å²) in [6.07, 6.45) is 0. The fourth-order valence-electron chi connectivity index (χ4n) is 1.86. The van der Waals surface area contributed by atoms with Crippen LogP contribution < -0.4 is 0 Å². The van der Waals surface area contributed by atoms with Crippen LogP contribution in [0.25, 0.3) is 0 Å². The number of methoxy groups -OCH3 is 1. The summed E-state index contributed by atoms with van der Waals surface area (Å²) in [6, 6.07) is 5.32. The molecule has 96 valence electrons. The van der Waals surface area contributed by atoms with E-state index in [1.807, 2.05) is 6.07 Å². The molecule has 1 atom stereocenters. The Hall–Kier alpha value is -0.450. The van der Waals surface area contributed by atoms with E-state index >= 15 is 0 Å². The minimum atomic E-state index is -0.204. The van der Waals surface area contributed by atoms with Gasteiger partial charge in [-0.25, -0.2) is 4.39 Å². The van der Waals surface area contributed by atoms with Gasteiger partial charge in [-0.2, -0.15) is 0 Å². The van der Waals surface area contributed by atoms with Gasteiger partial charge in [-0.15, -0.1) is 0 Å². The number of ether oxygens (including phenoxy) is 1. The van der Waals surface area contributed by atoms with Crippen molar-refractivity contribution in [1.29, 1.82) is 0 Å². The number of benzene rings is 1. The van der Waals surface area contributed by atoms with Crippen molar-refractivity contribution in [3.8, 4) is 0 Å². The predicted molar refractivity (Wildman–Crippen MR) is 71.5 cm³/mol. The second-order valence-corrected chi connectivity index (χ2v) is 5.06. The highest BCUT2D eigenvalue weighted by Crippen LogP contribution is 2.17. The highest BCUT2D eigenvalue weighted by Gasteiger charge is 2.12. The normalized spacial score (nSPS) is 13.1. The van der Waals surface area contributed by atoms with Crippen molar-refractivity contribution >= 4 is 15.9 Å². The van der Waals surface area contributed by atoms with Crippen LogP contribution in [-0.2, 0) is 11.3 Å². The maximum atomic E-state index is 13.3. The predicted octanol–water partition coefficient (Wildman–Crippen LogP) is 3.45. The summed E-state index contributed by atoms with van der Waals surface area (Å²) in [4.78, 5) is 2.25. The second-order valence-electron chi connectivity index (χ2n) is 4.15. The van der Waals surface area contributed by atoms with Crippen LogP contribution in [0.2, 0.25) is 0 Å². The van der Waals surface area contributed by atoms with Gasteiger partial charge < -0.3 is 4.74 Å². The van der Waals surface area contributed by atoms with Crippen LogP contribution in [0.15, 0.2) is 22.7 Å². The van der Waals surface area contributed by atoms with E-state index in [0.717, 1.165) is 23.1 Å². The highest BCUT2D eigenvalue weighted by atomic mass is 79.9. The van der Waals surface area contributed by atoms with Crippen molar-refractivity contribution in [3.05, 3.63) is 34.1 Å². The van der Waals surface area contributed by atoms with Gasteiger partial charge in [0.2, 0.25) is 0 Å². The first-order valence-corrected chi connectivity index (χ1v) is 6.54. The Balaban J connectivity index is 2.73. The van der Waals surface area contributed by atoms with E-state index in [0.29, 0.717) is 12.6 Å². The van der Waals surface area contributed by atoms with E-state index in [1.54, 1.807) is 13.2 Å². The second kappa shape index (κ2) is 7.09. The molecule has 17 heavy (non-hydrogen) atoms. The van der Waals surface area contributed by atoms with Crippen LogP contribution in [-0.4, -0.2) is 31.2 Å². The molecule has 0 aliphatic rings. The van der Waals surface area contributed by atoms with Gasteiger partial charge in [0.25, 0.3) is 0 Å². The summed E-state index contributed by atoms with van der Waals surface area (Å²) in [7, 11) is 1.70. The van der Waals surface area contributed by atoms with Gasteiger partial charge in [-0.05, 0) is 37.2 Å². The average Bonchev–Trinajstić information content (AvgIpc) is 2.24. The quantitative estimate of drug-likeness (QED) is 0.798. The van der Waals surface area contributed by atoms with E-state index in [4.69, 9.17) is 4.74 Å². The summed E-state index contributed by atoms with van der Waals surface area (Å²) in [5, 5.41) is 0. The Labute approximate surface area is 111 Å². The van der Waals surface area contributed by atoms with Crippen LogP contribution in [0.5, 0.6) is 0 Å². The van der Waals surface area contributed by atoms with Crippen molar-refractivity contribution in [2.24, 2.45) is 0 Å². The zero-order valence-electron chi connectivity index (χ0n) is 10.5. The minimum Gasteiger partial charge on any atom is -0.383 e. The smallest absolute Gasteiger partial charge is 0.124 e. The first kappa shape index (κ1) is 14.6. The van der Waals surface area contributed by atoms with Crippen LogP contribution in [0.1, 0.15) is 19.4 Å². The van der Waals surface area contributed by atoms with E-state index in [-0.39, 0.29) is 5.82 Å². The van der Waals surface area contributed by atoms with Gasteiger partial charge in [0.1, 0.15) is 5.82 Å². The van der Waals surface area contributed by atoms with Crippen molar-refractivity contribution in [2.75, 3.05) is 20.3 Å². The molecule has 1 unspecified atom stereocenters. The number of likely N-dealkylation sites (N-methyl/N-ethyl adjacent to an activating group) is 1. The standard InChI is InChI=1S/C13H19BrFNO/c1-4-16(10(2)9-17-3)8-11-5-12(14)7-13(15)6-11/h5-7,10H,4,8-9H2,1-3H3. The Morgan fingerprint density at radius 2 is 2.12 bits per heavy atom. The van der Waals surface area contributed by atoms with Crippen molar-refractivity contribution < 1.29 is 9.13 Å². The monoisotopic (exact) mass is 303 g/mol. The molecule has 0 saturated heterocycles. The van der Waals surface area contributed by atoms with Gasteiger partial charge in [0.15, 0.2) is 0 Å². The molecule has 2 nitrogen and oxygen atoms in total. The Morgan fingerprint density at radius 1 is 1.41 bits per heavy atom. The fourth-order valence-corrected chi connectivity index (χ4v) is 2.38. The summed E-state index contributed by atoms with van der Waals surface area (Å²) < 4.78 is 19.2. The first-order chi connectivity index (χ1) is 8.06. The fraction of sp³-hybridized carbons (Fsp3) is 0.538. The zero-order valence-corrected chi connectivity index (χ0v) is 12.1. The molecule has 0 radical (unpaired) electrons. The maximum Gasteiger partial charge on any atom is 0.124 e. The van der Waals surface area contributed by atoms with E-state index in [9.17, 15) is 4.39 Å². The maximum absolute atomic E-state index is 13.3. The summed E-state index contributed by atoms with van der Waals surface area (Å²) in [6.45, 7) is 6.54. The van der Waals surface area contributed by atoms with Gasteiger partial charge in [0, 0.05) is 24.2 Å². The van der Waals surface area contributed by atoms with Crippen LogP contribution in [0.3, 0.4) is 0 Å². The van der Waals surface area contributed by atoms with Crippen molar-refractivity contribution in [1.82, 2.24) is 4.90 Å². The molecule has 1 aromatic carbocycles. The van der Waals surface area contributed by atoms with Crippen LogP contribution in [0, 0.1) is 5.82 Å². The Kier molecular flexibility index (Phi) is 6.09. The topological polar surface area (TPSA) is 12.5 Å². The molecule has 0 aromatic heterocycles. The first-order valence-electron chi connectivity index (χ1n) is 5.74. The molecule has 1 rings (SSSR count). The number of nitrogens with zero attached hydrogens (tertiary/aromatic N) is 1. The summed E-state index contributed by atoms with van der Waals surface area (Å²) in [5.41, 5.74) is 0.974. The van der Waals surface area contributed by atoms with Crippen molar-refractivity contribution in [3.63, 3.8) is 0 Å². The van der Waals surface area contributed by atoms with Crippen LogP contribution >= 0.6 is 15.9 Å². The lowest BCUT2D eigenvalue weighted by atomic mass is 10.2. The number of rotatable bonds is 6. The molecular weight excluding hydrogens is 285 g/mol. The Morgan fingerprint density at radius 3 is 2.65 bits per heavy atom. The third-order valence-electron chi connectivity index (χ3n) is 2.75. The number of hydrogen-bond acceptors (Lipinski definition) is 2. The lowest BCUT2D eigenvalue weighted by molar-refractivity contribution is 0.0981. The molecule has 0 heterocycles. The molecular formula is C13H19BrFNO. The molecule has 1 aromatic rings. The minimum absolute atomic E-state index is 0.204. The number of hydrogen-bond donors (Lipinski definition) is 0. The molecule has 4 heteroatoms. The van der Waals surface area contributed by atoms with Gasteiger partial charge in [-0.1, -0.05) is 22.9 Å². The highest BCUT2D eigenvalue weighted by molar-refractivity contribution is 9.10. The Bertz CT molecular complexity index is 339. The zero-order chi connectivity index (χ0) is 12.8. The van der Waals surface area contributed by atoms with Crippen LogP contribution in [0.4, 0.5) is 4.39 Å². The molecule has 0 fully saturated rings. The number of halogens is 2. The molecule has 0 N–H and O–H groups in total. The molecule has 0 spiro atoms. The lowest BCUT2D eigenvalue weighted by Crippen LogP contribution is -2.35. The lowest BCUT2D eigenvalue weighted by Gasteiger charge is -2.27.